The van der Waals surface area contributed by atoms with Gasteiger partial charge in [0.15, 0.2) is 0 Å². The Kier molecular flexibility index (Phi) is 13.3. The van der Waals surface area contributed by atoms with E-state index in [0.717, 1.165) is 0 Å². The number of nitrogens with zero attached hydrogens (tertiary/aromatic N) is 4. The van der Waals surface area contributed by atoms with Gasteiger partial charge < -0.3 is 42.9 Å². The minimum absolute atomic E-state index is 0. The summed E-state index contributed by atoms with van der Waals surface area (Å²) >= 11 is 0. The molecule has 5 rings (SSSR count). The van der Waals surface area contributed by atoms with Gasteiger partial charge >= 0.3 is 0 Å². The summed E-state index contributed by atoms with van der Waals surface area (Å²) in [6.45, 7) is 18.1. The lowest BCUT2D eigenvalue weighted by Crippen LogP contribution is -3.00. The molecule has 3 aliphatic rings. The van der Waals surface area contributed by atoms with E-state index in [9.17, 15) is 0 Å². The number of likely N-dealkylation sites (tertiary alicyclic amines) is 2. The number of quaternary nitrogens is 2. The molecule has 6 heteroatoms. The van der Waals surface area contributed by atoms with Crippen molar-refractivity contribution in [1.82, 2.24) is 9.80 Å². The number of benzene rings is 2. The van der Waals surface area contributed by atoms with E-state index >= 15 is 0 Å². The number of halogens is 2. The van der Waals surface area contributed by atoms with Crippen LogP contribution in [0.1, 0.15) is 49.7 Å². The molecule has 3 saturated heterocycles. The van der Waals surface area contributed by atoms with Gasteiger partial charge in [-0.1, -0.05) is 60.7 Å². The van der Waals surface area contributed by atoms with E-state index in [1.165, 1.54) is 150 Å². The molecule has 0 amide bonds. The molecule has 2 aromatic carbocycles. The normalized spacial score (nSPS) is 21.7. The Labute approximate surface area is 253 Å². The van der Waals surface area contributed by atoms with Crippen molar-refractivity contribution in [1.29, 1.82) is 0 Å². The molecule has 0 N–H and O–H groups in total. The Morgan fingerprint density at radius 2 is 0.816 bits per heavy atom. The van der Waals surface area contributed by atoms with E-state index in [1.807, 2.05) is 0 Å². The highest BCUT2D eigenvalue weighted by molar-refractivity contribution is 5.14. The van der Waals surface area contributed by atoms with Gasteiger partial charge in [0, 0.05) is 50.4 Å². The summed E-state index contributed by atoms with van der Waals surface area (Å²) in [5, 5.41) is 0. The molecule has 0 atom stereocenters. The molecule has 0 aliphatic carbocycles. The van der Waals surface area contributed by atoms with Gasteiger partial charge in [-0.3, -0.25) is 9.80 Å². The zero-order valence-electron chi connectivity index (χ0n) is 23.5. The topological polar surface area (TPSA) is 6.48 Å². The highest BCUT2D eigenvalue weighted by Crippen LogP contribution is 2.24. The Bertz CT molecular complexity index is 815. The largest absolute Gasteiger partial charge is 1.00 e. The fourth-order valence-electron chi connectivity index (χ4n) is 7.17. The first-order valence-corrected chi connectivity index (χ1v) is 15.0. The molecule has 0 bridgehead atoms. The van der Waals surface area contributed by atoms with Gasteiger partial charge in [0.25, 0.3) is 0 Å². The second kappa shape index (κ2) is 15.9. The van der Waals surface area contributed by atoms with Gasteiger partial charge in [-0.2, -0.15) is 0 Å². The van der Waals surface area contributed by atoms with Crippen molar-refractivity contribution in [3.05, 3.63) is 71.8 Å². The summed E-state index contributed by atoms with van der Waals surface area (Å²) in [6.07, 6.45) is 8.48. The predicted octanol–water partition coefficient (Wildman–Crippen LogP) is -0.986. The van der Waals surface area contributed by atoms with Crippen molar-refractivity contribution in [3.8, 4) is 0 Å². The van der Waals surface area contributed by atoms with Crippen LogP contribution in [0, 0.1) is 0 Å². The summed E-state index contributed by atoms with van der Waals surface area (Å²) < 4.78 is 2.62. The molecule has 4 nitrogen and oxygen atoms in total. The zero-order chi connectivity index (χ0) is 24.5. The smallest absolute Gasteiger partial charge is 0.104 e. The first-order valence-electron chi connectivity index (χ1n) is 15.0. The molecule has 3 fully saturated rings. The maximum absolute atomic E-state index is 2.77. The number of rotatable bonds is 10. The number of piperidine rings is 2. The van der Waals surface area contributed by atoms with Gasteiger partial charge in [0.05, 0.1) is 39.3 Å². The third kappa shape index (κ3) is 9.14. The first-order chi connectivity index (χ1) is 17.7. The molecule has 0 radical (unpaired) electrons. The first kappa shape index (κ1) is 31.8. The minimum atomic E-state index is 0. The van der Waals surface area contributed by atoms with E-state index in [4.69, 9.17) is 0 Å². The van der Waals surface area contributed by atoms with E-state index in [0.29, 0.717) is 0 Å². The molecule has 3 aliphatic heterocycles. The predicted molar refractivity (Wildman–Crippen MR) is 151 cm³/mol. The van der Waals surface area contributed by atoms with Crippen molar-refractivity contribution in [3.63, 3.8) is 0 Å². The lowest BCUT2D eigenvalue weighted by Gasteiger charge is -2.45. The van der Waals surface area contributed by atoms with Gasteiger partial charge in [-0.25, -0.2) is 0 Å². The van der Waals surface area contributed by atoms with Gasteiger partial charge in [-0.05, 0) is 38.5 Å². The van der Waals surface area contributed by atoms with Crippen LogP contribution in [-0.4, -0.2) is 97.3 Å². The Morgan fingerprint density at radius 3 is 1.16 bits per heavy atom. The third-order valence-corrected chi connectivity index (χ3v) is 9.50. The number of hydrogen-bond donors (Lipinski definition) is 0. The fourth-order valence-corrected chi connectivity index (χ4v) is 7.17. The maximum Gasteiger partial charge on any atom is 0.104 e. The van der Waals surface area contributed by atoms with E-state index in [2.05, 4.69) is 70.5 Å². The Balaban J connectivity index is 0.00000200. The van der Waals surface area contributed by atoms with Gasteiger partial charge in [-0.15, -0.1) is 0 Å². The second-order valence-electron chi connectivity index (χ2n) is 12.1. The lowest BCUT2D eigenvalue weighted by atomic mass is 10.0. The van der Waals surface area contributed by atoms with Crippen LogP contribution in [0.4, 0.5) is 0 Å². The van der Waals surface area contributed by atoms with Gasteiger partial charge in [0.1, 0.15) is 13.1 Å². The third-order valence-electron chi connectivity index (χ3n) is 9.50. The standard InChI is InChI=1S/C32H50N4.2BrH/c1-5-13-31(14-6-1)29-35(23-9-3-10-24-35)27-21-33-17-19-34(20-18-33)22-28-36(25-11-4-12-26-36)30-32-15-7-2-8-16-32;;/h1-2,5-8,13-16H,3-4,9-12,17-30H2;2*1H/q+2;;/p-2. The van der Waals surface area contributed by atoms with Crippen molar-refractivity contribution in [2.24, 2.45) is 0 Å². The van der Waals surface area contributed by atoms with E-state index < -0.39 is 0 Å². The summed E-state index contributed by atoms with van der Waals surface area (Å²) in [6, 6.07) is 22.5. The average molecular weight is 651 g/mol. The molecule has 0 aromatic heterocycles. The zero-order valence-corrected chi connectivity index (χ0v) is 26.6. The maximum atomic E-state index is 2.77. The summed E-state index contributed by atoms with van der Waals surface area (Å²) in [5.41, 5.74) is 3.05. The summed E-state index contributed by atoms with van der Waals surface area (Å²) in [7, 11) is 0. The Morgan fingerprint density at radius 1 is 0.474 bits per heavy atom. The van der Waals surface area contributed by atoms with Crippen LogP contribution in [0.5, 0.6) is 0 Å². The quantitative estimate of drug-likeness (QED) is 0.306. The molecule has 38 heavy (non-hydrogen) atoms. The summed E-state index contributed by atoms with van der Waals surface area (Å²) in [4.78, 5) is 5.54. The SMILES string of the molecule is [Br-].[Br-].c1ccc(C[N+]2(CCN3CCN(CC[N+]4(Cc5ccccc5)CCCCC4)CC3)CCCCC2)cc1. The molecule has 0 saturated carbocycles. The van der Waals surface area contributed by atoms with Crippen LogP contribution in [0.25, 0.3) is 0 Å². The molecular weight excluding hydrogens is 600 g/mol. The molecule has 0 unspecified atom stereocenters. The van der Waals surface area contributed by atoms with E-state index in [-0.39, 0.29) is 34.0 Å². The van der Waals surface area contributed by atoms with Crippen LogP contribution in [0.3, 0.4) is 0 Å². The molecular formula is C32H50Br2N4. The van der Waals surface area contributed by atoms with Crippen LogP contribution in [-0.2, 0) is 13.1 Å². The lowest BCUT2D eigenvalue weighted by molar-refractivity contribution is -0.944. The highest BCUT2D eigenvalue weighted by atomic mass is 79.9. The minimum Gasteiger partial charge on any atom is -1.00 e. The average Bonchev–Trinajstić information content (AvgIpc) is 2.94. The van der Waals surface area contributed by atoms with Crippen LogP contribution in [0.2, 0.25) is 0 Å². The molecule has 0 spiro atoms. The Hall–Kier alpha value is -0.760. The monoisotopic (exact) mass is 648 g/mol. The highest BCUT2D eigenvalue weighted by Gasteiger charge is 2.33. The fraction of sp³-hybridized carbons (Fsp3) is 0.625. The van der Waals surface area contributed by atoms with Crippen molar-refractivity contribution in [2.45, 2.75) is 51.6 Å². The van der Waals surface area contributed by atoms with Crippen LogP contribution >= 0.6 is 0 Å². The number of hydrogen-bond acceptors (Lipinski definition) is 2. The van der Waals surface area contributed by atoms with Gasteiger partial charge in [0.2, 0.25) is 0 Å². The van der Waals surface area contributed by atoms with Crippen molar-refractivity contribution < 1.29 is 42.9 Å². The van der Waals surface area contributed by atoms with Crippen LogP contribution < -0.4 is 34.0 Å². The molecule has 3 heterocycles. The van der Waals surface area contributed by atoms with Crippen molar-refractivity contribution in [2.75, 3.05) is 78.5 Å². The second-order valence-corrected chi connectivity index (χ2v) is 12.1. The molecule has 2 aromatic rings. The van der Waals surface area contributed by atoms with Crippen LogP contribution in [0.15, 0.2) is 60.7 Å². The van der Waals surface area contributed by atoms with Crippen molar-refractivity contribution >= 4 is 0 Å². The van der Waals surface area contributed by atoms with E-state index in [1.54, 1.807) is 0 Å². The number of piperazine rings is 1. The molecule has 212 valence electrons. The summed E-state index contributed by atoms with van der Waals surface area (Å²) in [5.74, 6) is 0.